The molecule has 0 bridgehead atoms. The van der Waals surface area contributed by atoms with Crippen molar-refractivity contribution in [1.29, 1.82) is 0 Å². The molecule has 18 heavy (non-hydrogen) atoms. The average Bonchev–Trinajstić information content (AvgIpc) is 2.59. The topological polar surface area (TPSA) is 29.3 Å². The number of halogens is 1. The SMILES string of the molecule is CSC1CCCN(Cc2c(N)cccc2Cl)CC1. The summed E-state index contributed by atoms with van der Waals surface area (Å²) in [5, 5.41) is 1.61. The molecule has 1 aromatic rings. The molecule has 100 valence electrons. The summed E-state index contributed by atoms with van der Waals surface area (Å²) in [5.74, 6) is 0. The van der Waals surface area contributed by atoms with Gasteiger partial charge in [0.25, 0.3) is 0 Å². The summed E-state index contributed by atoms with van der Waals surface area (Å²) < 4.78 is 0. The molecule has 4 heteroatoms. The molecule has 1 saturated heterocycles. The maximum absolute atomic E-state index is 6.23. The lowest BCUT2D eigenvalue weighted by atomic mass is 10.1. The second-order valence-electron chi connectivity index (χ2n) is 4.87. The number of likely N-dealkylation sites (tertiary alicyclic amines) is 1. The van der Waals surface area contributed by atoms with E-state index >= 15 is 0 Å². The van der Waals surface area contributed by atoms with Crippen LogP contribution in [0, 0.1) is 0 Å². The zero-order valence-electron chi connectivity index (χ0n) is 10.9. The number of nitrogens with two attached hydrogens (primary N) is 1. The molecule has 2 N–H and O–H groups in total. The first-order chi connectivity index (χ1) is 8.70. The number of thioether (sulfide) groups is 1. The van der Waals surface area contributed by atoms with Crippen molar-refractivity contribution in [3.63, 3.8) is 0 Å². The van der Waals surface area contributed by atoms with Gasteiger partial charge >= 0.3 is 0 Å². The van der Waals surface area contributed by atoms with E-state index in [1.54, 1.807) is 0 Å². The molecule has 1 heterocycles. The van der Waals surface area contributed by atoms with Crippen LogP contribution in [0.1, 0.15) is 24.8 Å². The van der Waals surface area contributed by atoms with Crippen molar-refractivity contribution in [3.8, 4) is 0 Å². The summed E-state index contributed by atoms with van der Waals surface area (Å²) in [7, 11) is 0. The van der Waals surface area contributed by atoms with Crippen molar-refractivity contribution in [2.75, 3.05) is 25.1 Å². The largest absolute Gasteiger partial charge is 0.398 e. The van der Waals surface area contributed by atoms with Crippen LogP contribution in [0.15, 0.2) is 18.2 Å². The van der Waals surface area contributed by atoms with Crippen molar-refractivity contribution in [3.05, 3.63) is 28.8 Å². The molecule has 0 amide bonds. The van der Waals surface area contributed by atoms with Crippen LogP contribution in [0.5, 0.6) is 0 Å². The highest BCUT2D eigenvalue weighted by Crippen LogP contribution is 2.26. The zero-order valence-corrected chi connectivity index (χ0v) is 12.4. The van der Waals surface area contributed by atoms with Crippen LogP contribution in [-0.4, -0.2) is 29.5 Å². The van der Waals surface area contributed by atoms with E-state index in [1.165, 1.54) is 19.3 Å². The zero-order chi connectivity index (χ0) is 13.0. The van der Waals surface area contributed by atoms with Crippen molar-refractivity contribution < 1.29 is 0 Å². The Labute approximate surface area is 119 Å². The first-order valence-electron chi connectivity index (χ1n) is 6.48. The maximum atomic E-state index is 6.23. The van der Waals surface area contributed by atoms with Crippen LogP contribution in [0.3, 0.4) is 0 Å². The quantitative estimate of drug-likeness (QED) is 0.860. The monoisotopic (exact) mass is 284 g/mol. The van der Waals surface area contributed by atoms with Gasteiger partial charge in [-0.2, -0.15) is 11.8 Å². The maximum Gasteiger partial charge on any atom is 0.0471 e. The Bertz CT molecular complexity index is 377. The fourth-order valence-corrected chi connectivity index (χ4v) is 3.47. The lowest BCUT2D eigenvalue weighted by Crippen LogP contribution is -2.25. The molecule has 0 spiro atoms. The number of nitrogen functional groups attached to an aromatic ring is 1. The Morgan fingerprint density at radius 2 is 2.22 bits per heavy atom. The van der Waals surface area contributed by atoms with Gasteiger partial charge in [-0.15, -0.1) is 0 Å². The van der Waals surface area contributed by atoms with Gasteiger partial charge in [-0.1, -0.05) is 17.7 Å². The molecule has 1 aromatic carbocycles. The third kappa shape index (κ3) is 3.56. The van der Waals surface area contributed by atoms with Crippen LogP contribution in [0.2, 0.25) is 5.02 Å². The van der Waals surface area contributed by atoms with Crippen molar-refractivity contribution >= 4 is 29.1 Å². The first-order valence-corrected chi connectivity index (χ1v) is 8.15. The second kappa shape index (κ2) is 6.69. The Morgan fingerprint density at radius 3 is 2.94 bits per heavy atom. The van der Waals surface area contributed by atoms with E-state index in [-0.39, 0.29) is 0 Å². The van der Waals surface area contributed by atoms with E-state index in [2.05, 4.69) is 11.2 Å². The van der Waals surface area contributed by atoms with Gasteiger partial charge in [-0.25, -0.2) is 0 Å². The van der Waals surface area contributed by atoms with Gasteiger partial charge < -0.3 is 5.73 Å². The third-order valence-electron chi connectivity index (χ3n) is 3.64. The summed E-state index contributed by atoms with van der Waals surface area (Å²) in [5.41, 5.74) is 7.91. The number of hydrogen-bond donors (Lipinski definition) is 1. The number of anilines is 1. The van der Waals surface area contributed by atoms with Crippen LogP contribution in [-0.2, 0) is 6.54 Å². The molecule has 1 unspecified atom stereocenters. The molecule has 1 fully saturated rings. The van der Waals surface area contributed by atoms with Crippen molar-refractivity contribution in [2.24, 2.45) is 0 Å². The van der Waals surface area contributed by atoms with Gasteiger partial charge in [0.05, 0.1) is 0 Å². The minimum absolute atomic E-state index is 0.792. The van der Waals surface area contributed by atoms with Gasteiger partial charge in [-0.05, 0) is 50.7 Å². The highest BCUT2D eigenvalue weighted by atomic mass is 35.5. The third-order valence-corrected chi connectivity index (χ3v) is 5.13. The summed E-state index contributed by atoms with van der Waals surface area (Å²) in [6, 6.07) is 5.77. The Balaban J connectivity index is 2.01. The molecule has 1 atom stereocenters. The molecular formula is C14H21ClN2S. The summed E-state index contributed by atoms with van der Waals surface area (Å²) >= 11 is 8.23. The lowest BCUT2D eigenvalue weighted by molar-refractivity contribution is 0.278. The van der Waals surface area contributed by atoms with Gasteiger partial charge in [0.2, 0.25) is 0 Å². The smallest absolute Gasteiger partial charge is 0.0471 e. The van der Waals surface area contributed by atoms with Crippen LogP contribution >= 0.6 is 23.4 Å². The van der Waals surface area contributed by atoms with E-state index in [0.717, 1.165) is 41.2 Å². The van der Waals surface area contributed by atoms with Crippen molar-refractivity contribution in [1.82, 2.24) is 4.90 Å². The summed E-state index contributed by atoms with van der Waals surface area (Å²) in [4.78, 5) is 2.48. The van der Waals surface area contributed by atoms with Gasteiger partial charge in [0.1, 0.15) is 0 Å². The standard InChI is InChI=1S/C14H21ClN2S/c1-18-11-4-3-8-17(9-7-11)10-12-13(15)5-2-6-14(12)16/h2,5-6,11H,3-4,7-10,16H2,1H3. The van der Waals surface area contributed by atoms with E-state index < -0.39 is 0 Å². The fraction of sp³-hybridized carbons (Fsp3) is 0.571. The van der Waals surface area contributed by atoms with Gasteiger partial charge in [-0.3, -0.25) is 4.90 Å². The first kappa shape index (κ1) is 14.0. The number of hydrogen-bond acceptors (Lipinski definition) is 3. The minimum Gasteiger partial charge on any atom is -0.398 e. The van der Waals surface area contributed by atoms with Crippen molar-refractivity contribution in [2.45, 2.75) is 31.1 Å². The number of rotatable bonds is 3. The molecule has 1 aliphatic rings. The summed E-state index contributed by atoms with van der Waals surface area (Å²) in [6.07, 6.45) is 6.09. The molecule has 0 aromatic heterocycles. The average molecular weight is 285 g/mol. The van der Waals surface area contributed by atoms with Crippen LogP contribution in [0.25, 0.3) is 0 Å². The predicted molar refractivity (Wildman–Crippen MR) is 82.3 cm³/mol. The Morgan fingerprint density at radius 1 is 1.39 bits per heavy atom. The molecular weight excluding hydrogens is 264 g/mol. The minimum atomic E-state index is 0.792. The Hall–Kier alpha value is -0.380. The van der Waals surface area contributed by atoms with E-state index in [9.17, 15) is 0 Å². The normalized spacial score (nSPS) is 21.8. The van der Waals surface area contributed by atoms with Crippen LogP contribution < -0.4 is 5.73 Å². The predicted octanol–water partition coefficient (Wildman–Crippen LogP) is 3.64. The molecule has 0 aliphatic carbocycles. The molecule has 0 radical (unpaired) electrons. The van der Waals surface area contributed by atoms with Crippen LogP contribution in [0.4, 0.5) is 5.69 Å². The highest BCUT2D eigenvalue weighted by Gasteiger charge is 2.17. The molecule has 1 aliphatic heterocycles. The fourth-order valence-electron chi connectivity index (χ4n) is 2.48. The lowest BCUT2D eigenvalue weighted by Gasteiger charge is -2.21. The second-order valence-corrected chi connectivity index (χ2v) is 6.42. The highest BCUT2D eigenvalue weighted by molar-refractivity contribution is 7.99. The summed E-state index contributed by atoms with van der Waals surface area (Å²) in [6.45, 7) is 3.19. The van der Waals surface area contributed by atoms with E-state index in [0.29, 0.717) is 0 Å². The molecule has 2 rings (SSSR count). The van der Waals surface area contributed by atoms with Gasteiger partial charge in [0.15, 0.2) is 0 Å². The number of nitrogens with zero attached hydrogens (tertiary/aromatic N) is 1. The Kier molecular flexibility index (Phi) is 5.22. The van der Waals surface area contributed by atoms with E-state index in [1.807, 2.05) is 30.0 Å². The van der Waals surface area contributed by atoms with Gasteiger partial charge in [0, 0.05) is 28.1 Å². The molecule has 2 nitrogen and oxygen atoms in total. The molecule has 0 saturated carbocycles. The number of benzene rings is 1. The van der Waals surface area contributed by atoms with E-state index in [4.69, 9.17) is 17.3 Å².